The van der Waals surface area contributed by atoms with E-state index in [1.165, 1.54) is 4.31 Å². The summed E-state index contributed by atoms with van der Waals surface area (Å²) in [6.45, 7) is 0.574. The number of hydrogen-bond donors (Lipinski definition) is 0. The van der Waals surface area contributed by atoms with E-state index in [4.69, 9.17) is 11.6 Å². The van der Waals surface area contributed by atoms with Crippen LogP contribution in [0.1, 0.15) is 5.56 Å². The number of piperazine rings is 1. The van der Waals surface area contributed by atoms with Crippen molar-refractivity contribution in [2.24, 2.45) is 0 Å². The van der Waals surface area contributed by atoms with Gasteiger partial charge in [-0.25, -0.2) is 8.42 Å². The summed E-state index contributed by atoms with van der Waals surface area (Å²) in [6, 6.07) is 11.0. The molecule has 1 fully saturated rings. The van der Waals surface area contributed by atoms with Gasteiger partial charge >= 0.3 is 6.36 Å². The van der Waals surface area contributed by atoms with Gasteiger partial charge in [0, 0.05) is 31.2 Å². The largest absolute Gasteiger partial charge is 0.573 e. The maximum absolute atomic E-state index is 12.7. The molecule has 1 aliphatic heterocycles. The molecule has 0 aliphatic carbocycles. The Bertz CT molecular complexity index is 1010. The molecule has 6 nitrogen and oxygen atoms in total. The number of carbonyl (C=O) groups is 1. The van der Waals surface area contributed by atoms with Crippen molar-refractivity contribution in [2.45, 2.75) is 17.7 Å². The third kappa shape index (κ3) is 5.44. The van der Waals surface area contributed by atoms with E-state index in [0.29, 0.717) is 10.6 Å². The van der Waals surface area contributed by atoms with E-state index in [2.05, 4.69) is 4.74 Å². The van der Waals surface area contributed by atoms with Gasteiger partial charge in [0.15, 0.2) is 0 Å². The molecule has 0 bridgehead atoms. The van der Waals surface area contributed by atoms with Crippen LogP contribution >= 0.6 is 11.6 Å². The minimum Gasteiger partial charge on any atom is -0.406 e. The van der Waals surface area contributed by atoms with Crippen LogP contribution in [0, 0.1) is 0 Å². The highest BCUT2D eigenvalue weighted by Gasteiger charge is 2.32. The summed E-state index contributed by atoms with van der Waals surface area (Å²) in [7, 11) is -3.90. The lowest BCUT2D eigenvalue weighted by Crippen LogP contribution is -2.50. The second-order valence-electron chi connectivity index (χ2n) is 6.57. The lowest BCUT2D eigenvalue weighted by atomic mass is 10.1. The number of amides is 1. The molecule has 1 amide bonds. The highest BCUT2D eigenvalue weighted by atomic mass is 35.5. The molecule has 11 heteroatoms. The number of benzene rings is 2. The average Bonchev–Trinajstić information content (AvgIpc) is 2.69. The van der Waals surface area contributed by atoms with Crippen LogP contribution in [0.2, 0.25) is 5.02 Å². The van der Waals surface area contributed by atoms with Crippen LogP contribution in [-0.2, 0) is 21.2 Å². The number of sulfonamides is 1. The standard InChI is InChI=1S/C19H18ClF3N2O4S/c20-17-4-2-1-3-14(17)13-18(26)24-9-11-25(12-10-24)30(27,28)16-7-5-15(6-8-16)29-19(21,22)23/h1-8H,9-13H2. The molecule has 1 heterocycles. The van der Waals surface area contributed by atoms with E-state index >= 15 is 0 Å². The van der Waals surface area contributed by atoms with Crippen LogP contribution in [0.15, 0.2) is 53.4 Å². The first-order chi connectivity index (χ1) is 14.1. The van der Waals surface area contributed by atoms with Crippen molar-refractivity contribution in [3.8, 4) is 5.75 Å². The smallest absolute Gasteiger partial charge is 0.406 e. The molecule has 1 saturated heterocycles. The van der Waals surface area contributed by atoms with Crippen LogP contribution < -0.4 is 4.74 Å². The van der Waals surface area contributed by atoms with Crippen LogP contribution in [0.3, 0.4) is 0 Å². The van der Waals surface area contributed by atoms with Crippen LogP contribution in [0.5, 0.6) is 5.75 Å². The number of nitrogens with zero attached hydrogens (tertiary/aromatic N) is 2. The molecule has 0 unspecified atom stereocenters. The Morgan fingerprint density at radius 2 is 1.60 bits per heavy atom. The Morgan fingerprint density at radius 3 is 2.17 bits per heavy atom. The van der Waals surface area contributed by atoms with Gasteiger partial charge in [-0.1, -0.05) is 29.8 Å². The summed E-state index contributed by atoms with van der Waals surface area (Å²) < 4.78 is 67.1. The van der Waals surface area contributed by atoms with Crippen LogP contribution in [0.4, 0.5) is 13.2 Å². The predicted molar refractivity (Wildman–Crippen MR) is 104 cm³/mol. The van der Waals surface area contributed by atoms with Crippen LogP contribution in [0.25, 0.3) is 0 Å². The first-order valence-electron chi connectivity index (χ1n) is 8.93. The van der Waals surface area contributed by atoms with Gasteiger partial charge in [0.1, 0.15) is 5.75 Å². The maximum Gasteiger partial charge on any atom is 0.573 e. The molecule has 0 radical (unpaired) electrons. The van der Waals surface area contributed by atoms with E-state index in [1.54, 1.807) is 29.2 Å². The molecule has 30 heavy (non-hydrogen) atoms. The first-order valence-corrected chi connectivity index (χ1v) is 10.8. The van der Waals surface area contributed by atoms with E-state index < -0.39 is 22.1 Å². The summed E-state index contributed by atoms with van der Waals surface area (Å²) in [4.78, 5) is 13.9. The second-order valence-corrected chi connectivity index (χ2v) is 8.92. The number of carbonyl (C=O) groups excluding carboxylic acids is 1. The zero-order valence-corrected chi connectivity index (χ0v) is 17.2. The number of rotatable bonds is 5. The molecule has 0 N–H and O–H groups in total. The lowest BCUT2D eigenvalue weighted by Gasteiger charge is -2.34. The van der Waals surface area contributed by atoms with E-state index in [0.717, 1.165) is 24.3 Å². The molecule has 1 aliphatic rings. The number of halogens is 4. The van der Waals surface area contributed by atoms with Gasteiger partial charge in [0.05, 0.1) is 11.3 Å². The topological polar surface area (TPSA) is 66.9 Å². The summed E-state index contributed by atoms with van der Waals surface area (Å²) in [6.07, 6.45) is -4.74. The van der Waals surface area contributed by atoms with Crippen molar-refractivity contribution in [2.75, 3.05) is 26.2 Å². The number of hydrogen-bond acceptors (Lipinski definition) is 4. The molecule has 2 aromatic carbocycles. The van der Waals surface area contributed by atoms with Gasteiger partial charge < -0.3 is 9.64 Å². The van der Waals surface area contributed by atoms with Gasteiger partial charge in [0.2, 0.25) is 15.9 Å². The summed E-state index contributed by atoms with van der Waals surface area (Å²) >= 11 is 6.08. The van der Waals surface area contributed by atoms with Crippen molar-refractivity contribution in [3.05, 3.63) is 59.1 Å². The average molecular weight is 463 g/mol. The van der Waals surface area contributed by atoms with Crippen LogP contribution in [-0.4, -0.2) is 56.1 Å². The van der Waals surface area contributed by atoms with Gasteiger partial charge in [-0.2, -0.15) is 4.31 Å². The normalized spacial score (nSPS) is 15.8. The molecule has 3 rings (SSSR count). The van der Waals surface area contributed by atoms with Gasteiger partial charge in [0.25, 0.3) is 0 Å². The molecule has 0 aromatic heterocycles. The zero-order chi connectivity index (χ0) is 21.9. The molecule has 0 atom stereocenters. The summed E-state index contributed by atoms with van der Waals surface area (Å²) in [5, 5.41) is 0.491. The molecular formula is C19H18ClF3N2O4S. The minimum absolute atomic E-state index is 0.0808. The van der Waals surface area contributed by atoms with E-state index in [1.807, 2.05) is 0 Å². The highest BCUT2D eigenvalue weighted by molar-refractivity contribution is 7.89. The fourth-order valence-corrected chi connectivity index (χ4v) is 4.68. The van der Waals surface area contributed by atoms with Gasteiger partial charge in [-0.05, 0) is 35.9 Å². The lowest BCUT2D eigenvalue weighted by molar-refractivity contribution is -0.274. The monoisotopic (exact) mass is 462 g/mol. The third-order valence-corrected chi connectivity index (χ3v) is 6.87. The summed E-state index contributed by atoms with van der Waals surface area (Å²) in [5.74, 6) is -0.662. The number of ether oxygens (including phenoxy) is 1. The fourth-order valence-electron chi connectivity index (χ4n) is 3.06. The zero-order valence-electron chi connectivity index (χ0n) is 15.6. The molecule has 162 valence electrons. The van der Waals surface area contributed by atoms with Crippen molar-refractivity contribution in [1.29, 1.82) is 0 Å². The second kappa shape index (κ2) is 8.83. The fraction of sp³-hybridized carbons (Fsp3) is 0.316. The quantitative estimate of drug-likeness (QED) is 0.683. The maximum atomic E-state index is 12.7. The SMILES string of the molecule is O=C(Cc1ccccc1Cl)N1CCN(S(=O)(=O)c2ccc(OC(F)(F)F)cc2)CC1. The Morgan fingerprint density at radius 1 is 1.00 bits per heavy atom. The van der Waals surface area contributed by atoms with E-state index in [-0.39, 0.29) is 43.4 Å². The van der Waals surface area contributed by atoms with Gasteiger partial charge in [-0.3, -0.25) is 4.79 Å². The number of alkyl halides is 3. The molecule has 0 spiro atoms. The Kier molecular flexibility index (Phi) is 6.59. The van der Waals surface area contributed by atoms with E-state index in [9.17, 15) is 26.4 Å². The Balaban J connectivity index is 1.61. The van der Waals surface area contributed by atoms with Crippen molar-refractivity contribution >= 4 is 27.5 Å². The Hall–Kier alpha value is -2.30. The van der Waals surface area contributed by atoms with Crippen molar-refractivity contribution < 1.29 is 31.1 Å². The molecule has 2 aromatic rings. The van der Waals surface area contributed by atoms with Crippen molar-refractivity contribution in [3.63, 3.8) is 0 Å². The summed E-state index contributed by atoms with van der Waals surface area (Å²) in [5.41, 5.74) is 0.695. The molecule has 0 saturated carbocycles. The minimum atomic E-state index is -4.85. The third-order valence-electron chi connectivity index (χ3n) is 4.59. The predicted octanol–water partition coefficient (Wildman–Crippen LogP) is 3.31. The van der Waals surface area contributed by atoms with Gasteiger partial charge in [-0.15, -0.1) is 13.2 Å². The first kappa shape index (κ1) is 22.4. The van der Waals surface area contributed by atoms with Crippen molar-refractivity contribution in [1.82, 2.24) is 9.21 Å². The Labute approximate surface area is 176 Å². The molecular weight excluding hydrogens is 445 g/mol. The highest BCUT2D eigenvalue weighted by Crippen LogP contribution is 2.25.